The summed E-state index contributed by atoms with van der Waals surface area (Å²) in [6.45, 7) is 7.21. The van der Waals surface area contributed by atoms with E-state index in [2.05, 4.69) is 16.0 Å². The molecule has 0 spiro atoms. The quantitative estimate of drug-likeness (QED) is 0.255. The van der Waals surface area contributed by atoms with Gasteiger partial charge in [0.2, 0.25) is 17.7 Å². The van der Waals surface area contributed by atoms with E-state index >= 15 is 0 Å². The average Bonchev–Trinajstić information content (AvgIpc) is 2.90. The van der Waals surface area contributed by atoms with Gasteiger partial charge in [0, 0.05) is 12.8 Å². The largest absolute Gasteiger partial charge is 0.480 e. The minimum Gasteiger partial charge on any atom is -0.480 e. The predicted molar refractivity (Wildman–Crippen MR) is 146 cm³/mol. The lowest BCUT2D eigenvalue weighted by Gasteiger charge is -2.27. The summed E-state index contributed by atoms with van der Waals surface area (Å²) < 4.78 is 0. The molecule has 9 heteroatoms. The zero-order valence-electron chi connectivity index (χ0n) is 22.5. The maximum absolute atomic E-state index is 13.5. The van der Waals surface area contributed by atoms with Gasteiger partial charge in [0.25, 0.3) is 0 Å². The lowest BCUT2D eigenvalue weighted by molar-refractivity contribution is -0.143. The number of carboxylic acids is 1. The Kier molecular flexibility index (Phi) is 11.9. The highest BCUT2D eigenvalue weighted by Gasteiger charge is 2.32. The first kappa shape index (κ1) is 30.5. The van der Waals surface area contributed by atoms with Crippen molar-refractivity contribution in [1.29, 1.82) is 0 Å². The second-order valence-corrected chi connectivity index (χ2v) is 9.98. The van der Waals surface area contributed by atoms with Crippen LogP contribution in [0.5, 0.6) is 0 Å². The Hall–Kier alpha value is -3.72. The highest BCUT2D eigenvalue weighted by Crippen LogP contribution is 2.11. The molecule has 0 aromatic heterocycles. The van der Waals surface area contributed by atoms with Crippen molar-refractivity contribution in [2.45, 2.75) is 71.1 Å². The van der Waals surface area contributed by atoms with Gasteiger partial charge in [0.05, 0.1) is 6.04 Å². The van der Waals surface area contributed by atoms with Gasteiger partial charge in [0.15, 0.2) is 0 Å². The lowest BCUT2D eigenvalue weighted by Crippen LogP contribution is -2.59. The summed E-state index contributed by atoms with van der Waals surface area (Å²) in [6.07, 6.45) is 0.880. The molecule has 6 N–H and O–H groups in total. The Morgan fingerprint density at radius 1 is 0.737 bits per heavy atom. The maximum atomic E-state index is 13.5. The van der Waals surface area contributed by atoms with E-state index in [4.69, 9.17) is 5.73 Å². The molecule has 2 aromatic carbocycles. The monoisotopic (exact) mass is 524 g/mol. The number of amides is 3. The number of nitrogens with two attached hydrogens (primary N) is 1. The molecule has 0 aliphatic heterocycles. The number of rotatable bonds is 14. The SMILES string of the molecule is CCC(C)C(NC(=O)C(Cc1ccccc1)NC(=O)C(Cc1ccccc1)NC(=O)C(N)C(C)C)C(=O)O. The second-order valence-electron chi connectivity index (χ2n) is 9.98. The highest BCUT2D eigenvalue weighted by atomic mass is 16.4. The molecule has 5 unspecified atom stereocenters. The number of hydrogen-bond donors (Lipinski definition) is 5. The molecule has 0 saturated heterocycles. The summed E-state index contributed by atoms with van der Waals surface area (Å²) in [6, 6.07) is 14.3. The van der Waals surface area contributed by atoms with Gasteiger partial charge in [-0.3, -0.25) is 14.4 Å². The van der Waals surface area contributed by atoms with Crippen LogP contribution in [0.1, 0.15) is 45.2 Å². The molecule has 0 radical (unpaired) electrons. The van der Waals surface area contributed by atoms with Gasteiger partial charge in [0.1, 0.15) is 18.1 Å². The van der Waals surface area contributed by atoms with Crippen LogP contribution in [-0.4, -0.2) is 53.0 Å². The Balaban J connectivity index is 2.32. The molecule has 206 valence electrons. The van der Waals surface area contributed by atoms with Crippen LogP contribution < -0.4 is 21.7 Å². The number of nitrogens with one attached hydrogen (secondary N) is 3. The average molecular weight is 525 g/mol. The van der Waals surface area contributed by atoms with Crippen molar-refractivity contribution < 1.29 is 24.3 Å². The van der Waals surface area contributed by atoms with Gasteiger partial charge >= 0.3 is 5.97 Å². The maximum Gasteiger partial charge on any atom is 0.326 e. The molecule has 5 atom stereocenters. The fourth-order valence-corrected chi connectivity index (χ4v) is 3.90. The van der Waals surface area contributed by atoms with Crippen molar-refractivity contribution in [1.82, 2.24) is 16.0 Å². The molecule has 0 fully saturated rings. The van der Waals surface area contributed by atoms with Gasteiger partial charge in [-0.15, -0.1) is 0 Å². The van der Waals surface area contributed by atoms with Gasteiger partial charge in [-0.1, -0.05) is 94.8 Å². The van der Waals surface area contributed by atoms with E-state index in [0.29, 0.717) is 6.42 Å². The minimum atomic E-state index is -1.14. The van der Waals surface area contributed by atoms with Crippen LogP contribution in [0, 0.1) is 11.8 Å². The van der Waals surface area contributed by atoms with Gasteiger partial charge in [-0.05, 0) is 23.0 Å². The fourth-order valence-electron chi connectivity index (χ4n) is 3.90. The number of carbonyl (C=O) groups excluding carboxylic acids is 3. The smallest absolute Gasteiger partial charge is 0.326 e. The van der Waals surface area contributed by atoms with Crippen LogP contribution in [0.4, 0.5) is 0 Å². The first-order valence-corrected chi connectivity index (χ1v) is 13.0. The molecular formula is C29H40N4O5. The summed E-state index contributed by atoms with van der Waals surface area (Å²) >= 11 is 0. The zero-order chi connectivity index (χ0) is 28.2. The van der Waals surface area contributed by atoms with Gasteiger partial charge in [-0.25, -0.2) is 4.79 Å². The van der Waals surface area contributed by atoms with Crippen LogP contribution >= 0.6 is 0 Å². The molecule has 38 heavy (non-hydrogen) atoms. The van der Waals surface area contributed by atoms with Crippen LogP contribution in [0.15, 0.2) is 60.7 Å². The second kappa shape index (κ2) is 14.9. The predicted octanol–water partition coefficient (Wildman–Crippen LogP) is 2.04. The van der Waals surface area contributed by atoms with Gasteiger partial charge in [-0.2, -0.15) is 0 Å². The summed E-state index contributed by atoms with van der Waals surface area (Å²) in [5, 5.41) is 17.8. The van der Waals surface area contributed by atoms with E-state index in [1.165, 1.54) is 0 Å². The molecule has 0 aliphatic carbocycles. The summed E-state index contributed by atoms with van der Waals surface area (Å²) in [5.74, 6) is -3.24. The topological polar surface area (TPSA) is 151 Å². The lowest BCUT2D eigenvalue weighted by atomic mass is 9.97. The molecule has 0 aliphatic rings. The van der Waals surface area contributed by atoms with E-state index in [1.54, 1.807) is 6.92 Å². The van der Waals surface area contributed by atoms with Crippen LogP contribution in [0.3, 0.4) is 0 Å². The Labute approximate surface area is 224 Å². The van der Waals surface area contributed by atoms with E-state index in [-0.39, 0.29) is 24.7 Å². The third kappa shape index (κ3) is 9.30. The van der Waals surface area contributed by atoms with Crippen molar-refractivity contribution in [3.8, 4) is 0 Å². The molecule has 3 amide bonds. The molecular weight excluding hydrogens is 484 g/mol. The summed E-state index contributed by atoms with van der Waals surface area (Å²) in [7, 11) is 0. The fraction of sp³-hybridized carbons (Fsp3) is 0.448. The summed E-state index contributed by atoms with van der Waals surface area (Å²) in [4.78, 5) is 51.4. The Morgan fingerprint density at radius 3 is 1.55 bits per heavy atom. The first-order chi connectivity index (χ1) is 18.0. The van der Waals surface area contributed by atoms with Crippen LogP contribution in [0.25, 0.3) is 0 Å². The highest BCUT2D eigenvalue weighted by molar-refractivity contribution is 5.94. The minimum absolute atomic E-state index is 0.138. The number of carboxylic acid groups (broad SMARTS) is 1. The Bertz CT molecular complexity index is 1060. The van der Waals surface area contributed by atoms with Crippen molar-refractivity contribution in [3.05, 3.63) is 71.8 Å². The normalized spacial score (nSPS) is 15.0. The molecule has 0 saturated carbocycles. The number of carbonyl (C=O) groups is 4. The van der Waals surface area contributed by atoms with E-state index < -0.39 is 47.9 Å². The number of hydrogen-bond acceptors (Lipinski definition) is 5. The van der Waals surface area contributed by atoms with Crippen molar-refractivity contribution >= 4 is 23.7 Å². The molecule has 0 bridgehead atoms. The third-order valence-electron chi connectivity index (χ3n) is 6.63. The Morgan fingerprint density at radius 2 is 1.16 bits per heavy atom. The first-order valence-electron chi connectivity index (χ1n) is 13.0. The number of aliphatic carboxylic acids is 1. The zero-order valence-corrected chi connectivity index (χ0v) is 22.5. The standard InChI is InChI=1S/C29H40N4O5/c1-5-19(4)25(29(37)38)33-27(35)23(17-21-14-10-7-11-15-21)31-26(34)22(16-20-12-8-6-9-13-20)32-28(36)24(30)18(2)3/h6-15,18-19,22-25H,5,16-17,30H2,1-4H3,(H,31,34)(H,32,36)(H,33,35)(H,37,38). The third-order valence-corrected chi connectivity index (χ3v) is 6.63. The molecule has 9 nitrogen and oxygen atoms in total. The van der Waals surface area contributed by atoms with E-state index in [1.807, 2.05) is 81.4 Å². The molecule has 0 heterocycles. The van der Waals surface area contributed by atoms with Crippen molar-refractivity contribution in [3.63, 3.8) is 0 Å². The van der Waals surface area contributed by atoms with Gasteiger partial charge < -0.3 is 26.8 Å². The van der Waals surface area contributed by atoms with Crippen LogP contribution in [-0.2, 0) is 32.0 Å². The molecule has 2 rings (SSSR count). The van der Waals surface area contributed by atoms with Crippen molar-refractivity contribution in [2.24, 2.45) is 17.6 Å². The molecule has 2 aromatic rings. The summed E-state index contributed by atoms with van der Waals surface area (Å²) in [5.41, 5.74) is 7.62. The van der Waals surface area contributed by atoms with E-state index in [0.717, 1.165) is 11.1 Å². The van der Waals surface area contributed by atoms with E-state index in [9.17, 15) is 24.3 Å². The number of benzene rings is 2. The van der Waals surface area contributed by atoms with Crippen molar-refractivity contribution in [2.75, 3.05) is 0 Å². The van der Waals surface area contributed by atoms with Crippen LogP contribution in [0.2, 0.25) is 0 Å².